The van der Waals surface area contributed by atoms with Crippen molar-refractivity contribution in [3.8, 4) is 0 Å². The summed E-state index contributed by atoms with van der Waals surface area (Å²) in [4.78, 5) is 34.7. The van der Waals surface area contributed by atoms with Crippen LogP contribution in [0.2, 0.25) is 0 Å². The van der Waals surface area contributed by atoms with E-state index in [1.54, 1.807) is 32.0 Å². The van der Waals surface area contributed by atoms with E-state index < -0.39 is 16.8 Å². The SMILES string of the molecule is CCOC(=O)C1=C(C)NC(=O)C[C@@H]1c1ccccc1[N+](=O)[O-]. The van der Waals surface area contributed by atoms with Gasteiger partial charge in [0, 0.05) is 29.7 Å². The molecule has 0 unspecified atom stereocenters. The van der Waals surface area contributed by atoms with Gasteiger partial charge in [-0.05, 0) is 13.8 Å². The van der Waals surface area contributed by atoms with Crippen LogP contribution in [-0.4, -0.2) is 23.4 Å². The molecule has 1 N–H and O–H groups in total. The number of carbonyl (C=O) groups is 2. The lowest BCUT2D eigenvalue weighted by Gasteiger charge is -2.26. The third-order valence-corrected chi connectivity index (χ3v) is 3.47. The summed E-state index contributed by atoms with van der Waals surface area (Å²) in [7, 11) is 0. The summed E-state index contributed by atoms with van der Waals surface area (Å²) in [5, 5.41) is 13.8. The lowest BCUT2D eigenvalue weighted by Crippen LogP contribution is -2.34. The molecule has 1 atom stereocenters. The van der Waals surface area contributed by atoms with E-state index in [9.17, 15) is 19.7 Å². The average molecular weight is 304 g/mol. The van der Waals surface area contributed by atoms with Crippen LogP contribution in [0, 0.1) is 10.1 Å². The van der Waals surface area contributed by atoms with Crippen molar-refractivity contribution < 1.29 is 19.2 Å². The Hall–Kier alpha value is -2.70. The highest BCUT2D eigenvalue weighted by Gasteiger charge is 2.35. The molecule has 0 aromatic heterocycles. The zero-order valence-electron chi connectivity index (χ0n) is 12.3. The maximum Gasteiger partial charge on any atom is 0.336 e. The number of nitrogens with zero attached hydrogens (tertiary/aromatic N) is 1. The van der Waals surface area contributed by atoms with E-state index in [1.165, 1.54) is 6.07 Å². The summed E-state index contributed by atoms with van der Waals surface area (Å²) in [5.74, 6) is -1.54. The maximum absolute atomic E-state index is 12.2. The molecule has 1 aliphatic rings. The number of nitro benzene ring substituents is 1. The van der Waals surface area contributed by atoms with E-state index >= 15 is 0 Å². The van der Waals surface area contributed by atoms with Gasteiger partial charge >= 0.3 is 5.97 Å². The van der Waals surface area contributed by atoms with Gasteiger partial charge in [-0.3, -0.25) is 14.9 Å². The first-order valence-electron chi connectivity index (χ1n) is 6.86. The predicted octanol–water partition coefficient (Wildman–Crippen LogP) is 2.04. The smallest absolute Gasteiger partial charge is 0.336 e. The zero-order chi connectivity index (χ0) is 16.3. The van der Waals surface area contributed by atoms with Crippen molar-refractivity contribution in [2.75, 3.05) is 6.61 Å². The number of benzene rings is 1. The summed E-state index contributed by atoms with van der Waals surface area (Å²) < 4.78 is 5.02. The van der Waals surface area contributed by atoms with Crippen LogP contribution in [0.3, 0.4) is 0 Å². The highest BCUT2D eigenvalue weighted by atomic mass is 16.6. The second-order valence-electron chi connectivity index (χ2n) is 4.88. The molecular formula is C15H16N2O5. The topological polar surface area (TPSA) is 98.5 Å². The van der Waals surface area contributed by atoms with Crippen LogP contribution in [0.4, 0.5) is 5.69 Å². The van der Waals surface area contributed by atoms with Crippen LogP contribution >= 0.6 is 0 Å². The van der Waals surface area contributed by atoms with Crippen molar-refractivity contribution in [2.24, 2.45) is 0 Å². The summed E-state index contributed by atoms with van der Waals surface area (Å²) in [5.41, 5.74) is 0.857. The number of para-hydroxylation sites is 1. The predicted molar refractivity (Wildman–Crippen MR) is 77.9 cm³/mol. The van der Waals surface area contributed by atoms with Gasteiger partial charge in [-0.15, -0.1) is 0 Å². The lowest BCUT2D eigenvalue weighted by atomic mass is 9.83. The van der Waals surface area contributed by atoms with E-state index in [0.29, 0.717) is 11.3 Å². The van der Waals surface area contributed by atoms with Gasteiger partial charge in [0.15, 0.2) is 0 Å². The highest BCUT2D eigenvalue weighted by molar-refractivity contribution is 5.96. The van der Waals surface area contributed by atoms with Crippen molar-refractivity contribution in [2.45, 2.75) is 26.2 Å². The Kier molecular flexibility index (Phi) is 4.55. The fourth-order valence-electron chi connectivity index (χ4n) is 2.59. The Morgan fingerprint density at radius 3 is 2.77 bits per heavy atom. The third-order valence-electron chi connectivity index (χ3n) is 3.47. The molecule has 1 heterocycles. The first-order valence-corrected chi connectivity index (χ1v) is 6.86. The van der Waals surface area contributed by atoms with Gasteiger partial charge in [-0.1, -0.05) is 18.2 Å². The van der Waals surface area contributed by atoms with Crippen molar-refractivity contribution in [1.82, 2.24) is 5.32 Å². The van der Waals surface area contributed by atoms with E-state index in [1.807, 2.05) is 0 Å². The van der Waals surface area contributed by atoms with Crippen LogP contribution < -0.4 is 5.32 Å². The molecule has 0 saturated carbocycles. The second-order valence-corrected chi connectivity index (χ2v) is 4.88. The Bertz CT molecular complexity index is 666. The first kappa shape index (κ1) is 15.7. The van der Waals surface area contributed by atoms with E-state index in [4.69, 9.17) is 4.74 Å². The molecule has 2 rings (SSSR count). The van der Waals surface area contributed by atoms with Crippen molar-refractivity contribution >= 4 is 17.6 Å². The molecule has 22 heavy (non-hydrogen) atoms. The van der Waals surface area contributed by atoms with Gasteiger partial charge in [0.2, 0.25) is 5.91 Å². The molecular weight excluding hydrogens is 288 g/mol. The van der Waals surface area contributed by atoms with Crippen molar-refractivity contribution in [1.29, 1.82) is 0 Å². The molecule has 0 fully saturated rings. The molecule has 0 aliphatic carbocycles. The molecule has 0 spiro atoms. The average Bonchev–Trinajstić information content (AvgIpc) is 2.46. The fraction of sp³-hybridized carbons (Fsp3) is 0.333. The monoisotopic (exact) mass is 304 g/mol. The molecule has 0 saturated heterocycles. The molecule has 7 nitrogen and oxygen atoms in total. The summed E-state index contributed by atoms with van der Waals surface area (Å²) in [6.45, 7) is 3.45. The van der Waals surface area contributed by atoms with Crippen molar-refractivity contribution in [3.05, 3.63) is 51.2 Å². The van der Waals surface area contributed by atoms with Gasteiger partial charge in [-0.25, -0.2) is 4.79 Å². The largest absolute Gasteiger partial charge is 0.463 e. The number of carbonyl (C=O) groups excluding carboxylic acids is 2. The van der Waals surface area contributed by atoms with E-state index in [2.05, 4.69) is 5.32 Å². The van der Waals surface area contributed by atoms with Crippen LogP contribution in [0.25, 0.3) is 0 Å². The highest BCUT2D eigenvalue weighted by Crippen LogP contribution is 2.37. The zero-order valence-corrected chi connectivity index (χ0v) is 12.3. The van der Waals surface area contributed by atoms with E-state index in [-0.39, 0.29) is 30.2 Å². The van der Waals surface area contributed by atoms with Crippen LogP contribution in [0.1, 0.15) is 31.7 Å². The molecule has 116 valence electrons. The molecule has 7 heteroatoms. The second kappa shape index (κ2) is 6.38. The Labute approximate surface area is 127 Å². The molecule has 1 aromatic carbocycles. The minimum atomic E-state index is -0.686. The Morgan fingerprint density at radius 1 is 1.45 bits per heavy atom. The molecule has 0 radical (unpaired) electrons. The molecule has 1 amide bonds. The molecule has 0 bridgehead atoms. The number of amides is 1. The molecule has 1 aromatic rings. The van der Waals surface area contributed by atoms with Crippen molar-refractivity contribution in [3.63, 3.8) is 0 Å². The number of hydrogen-bond acceptors (Lipinski definition) is 5. The lowest BCUT2D eigenvalue weighted by molar-refractivity contribution is -0.385. The molecule has 1 aliphatic heterocycles. The quantitative estimate of drug-likeness (QED) is 0.521. The van der Waals surface area contributed by atoms with Gasteiger partial charge < -0.3 is 10.1 Å². The van der Waals surface area contributed by atoms with Crippen LogP contribution in [-0.2, 0) is 14.3 Å². The Balaban J connectivity index is 2.55. The Morgan fingerprint density at radius 2 is 2.14 bits per heavy atom. The number of ether oxygens (including phenoxy) is 1. The fourth-order valence-corrected chi connectivity index (χ4v) is 2.59. The van der Waals surface area contributed by atoms with Gasteiger partial charge in [0.1, 0.15) is 0 Å². The number of allylic oxidation sites excluding steroid dienone is 1. The summed E-state index contributed by atoms with van der Waals surface area (Å²) in [6.07, 6.45) is -0.0314. The number of nitrogens with one attached hydrogen (secondary N) is 1. The summed E-state index contributed by atoms with van der Waals surface area (Å²) >= 11 is 0. The normalized spacial score (nSPS) is 17.9. The third kappa shape index (κ3) is 2.98. The minimum absolute atomic E-state index is 0.0314. The van der Waals surface area contributed by atoms with Gasteiger partial charge in [0.05, 0.1) is 17.1 Å². The van der Waals surface area contributed by atoms with Gasteiger partial charge in [0.25, 0.3) is 5.69 Å². The van der Waals surface area contributed by atoms with Crippen LogP contribution in [0.5, 0.6) is 0 Å². The number of rotatable bonds is 4. The van der Waals surface area contributed by atoms with Crippen LogP contribution in [0.15, 0.2) is 35.5 Å². The maximum atomic E-state index is 12.2. The van der Waals surface area contributed by atoms with Gasteiger partial charge in [-0.2, -0.15) is 0 Å². The summed E-state index contributed by atoms with van der Waals surface area (Å²) in [6, 6.07) is 6.12. The minimum Gasteiger partial charge on any atom is -0.463 e. The van der Waals surface area contributed by atoms with E-state index in [0.717, 1.165) is 0 Å². The first-order chi connectivity index (χ1) is 10.5. The number of nitro groups is 1. The standard InChI is InChI=1S/C15H16N2O5/c1-3-22-15(19)14-9(2)16-13(18)8-11(14)10-6-4-5-7-12(10)17(20)21/h4-7,11H,3,8H2,1-2H3,(H,16,18)/t11-/m1/s1. The number of hydrogen-bond donors (Lipinski definition) is 1. The number of esters is 1.